The van der Waals surface area contributed by atoms with Crippen LogP contribution in [0.1, 0.15) is 20.3 Å². The first-order valence-corrected chi connectivity index (χ1v) is 5.65. The minimum absolute atomic E-state index is 0.655. The average Bonchev–Trinajstić information content (AvgIpc) is 1.87. The van der Waals surface area contributed by atoms with E-state index in [1.54, 1.807) is 0 Å². The van der Waals surface area contributed by atoms with Crippen LogP contribution in [0.15, 0.2) is 0 Å². The average molecular weight is 382 g/mol. The molecule has 0 radical (unpaired) electrons. The van der Waals surface area contributed by atoms with Gasteiger partial charge in [0.2, 0.25) is 0 Å². The SMILES string of the molecule is CC(CC(C)N(C)I)N(C)I. The van der Waals surface area contributed by atoms with Gasteiger partial charge < -0.3 is 0 Å². The van der Waals surface area contributed by atoms with Crippen molar-refractivity contribution in [1.29, 1.82) is 0 Å². The molecule has 0 fully saturated rings. The Hall–Kier alpha value is 1.38. The third kappa shape index (κ3) is 5.59. The summed E-state index contributed by atoms with van der Waals surface area (Å²) in [5.41, 5.74) is 0. The molecule has 0 amide bonds. The fourth-order valence-corrected chi connectivity index (χ4v) is 1.24. The van der Waals surface area contributed by atoms with Gasteiger partial charge in [-0.15, -0.1) is 0 Å². The van der Waals surface area contributed by atoms with Crippen LogP contribution in [0.4, 0.5) is 0 Å². The number of nitrogens with zero attached hydrogens (tertiary/aromatic N) is 2. The quantitative estimate of drug-likeness (QED) is 0.545. The molecule has 0 spiro atoms. The van der Waals surface area contributed by atoms with Crippen LogP contribution in [0.3, 0.4) is 0 Å². The fourth-order valence-electron chi connectivity index (χ4n) is 0.784. The molecule has 0 aromatic rings. The van der Waals surface area contributed by atoms with E-state index in [0.717, 1.165) is 0 Å². The lowest BCUT2D eigenvalue weighted by molar-refractivity contribution is 0.347. The molecule has 68 valence electrons. The first-order chi connectivity index (χ1) is 4.95. The van der Waals surface area contributed by atoms with Crippen LogP contribution in [0.2, 0.25) is 0 Å². The van der Waals surface area contributed by atoms with E-state index < -0.39 is 0 Å². The van der Waals surface area contributed by atoms with E-state index in [9.17, 15) is 0 Å². The number of halogens is 2. The van der Waals surface area contributed by atoms with Crippen LogP contribution >= 0.6 is 45.7 Å². The highest BCUT2D eigenvalue weighted by Gasteiger charge is 2.12. The molecule has 0 saturated heterocycles. The van der Waals surface area contributed by atoms with E-state index >= 15 is 0 Å². The molecule has 11 heavy (non-hydrogen) atoms. The zero-order valence-electron chi connectivity index (χ0n) is 7.51. The van der Waals surface area contributed by atoms with Gasteiger partial charge >= 0.3 is 0 Å². The van der Waals surface area contributed by atoms with E-state index in [-0.39, 0.29) is 0 Å². The Kier molecular flexibility index (Phi) is 6.67. The summed E-state index contributed by atoms with van der Waals surface area (Å²) < 4.78 is 4.46. The Bertz CT molecular complexity index is 94.6. The number of rotatable bonds is 4. The monoisotopic (exact) mass is 382 g/mol. The van der Waals surface area contributed by atoms with Crippen LogP contribution in [0.25, 0.3) is 0 Å². The Balaban J connectivity index is 3.66. The molecule has 2 atom stereocenters. The van der Waals surface area contributed by atoms with Crippen LogP contribution < -0.4 is 0 Å². The molecule has 0 aromatic heterocycles. The summed E-state index contributed by atoms with van der Waals surface area (Å²) in [5.74, 6) is 0. The van der Waals surface area contributed by atoms with E-state index in [0.29, 0.717) is 12.1 Å². The minimum atomic E-state index is 0.655. The number of hydrogen-bond acceptors (Lipinski definition) is 2. The highest BCUT2D eigenvalue weighted by atomic mass is 127. The van der Waals surface area contributed by atoms with Gasteiger partial charge in [-0.25, -0.2) is 6.23 Å². The van der Waals surface area contributed by atoms with Crippen LogP contribution in [-0.2, 0) is 0 Å². The van der Waals surface area contributed by atoms with Gasteiger partial charge in [0.05, 0.1) is 0 Å². The summed E-state index contributed by atoms with van der Waals surface area (Å²) in [4.78, 5) is 0. The first kappa shape index (κ1) is 12.4. The zero-order valence-corrected chi connectivity index (χ0v) is 11.8. The molecule has 2 unspecified atom stereocenters. The lowest BCUT2D eigenvalue weighted by Gasteiger charge is -2.24. The maximum absolute atomic E-state index is 2.34. The van der Waals surface area contributed by atoms with Gasteiger partial charge in [-0.2, -0.15) is 0 Å². The molecule has 0 aliphatic rings. The normalized spacial score (nSPS) is 17.5. The van der Waals surface area contributed by atoms with E-state index in [2.05, 4.69) is 79.9 Å². The second kappa shape index (κ2) is 5.93. The molecule has 2 nitrogen and oxygen atoms in total. The third-order valence-electron chi connectivity index (χ3n) is 1.90. The van der Waals surface area contributed by atoms with Crippen molar-refractivity contribution in [1.82, 2.24) is 6.23 Å². The molecular formula is C7H16I2N2. The van der Waals surface area contributed by atoms with Crippen LogP contribution in [0, 0.1) is 0 Å². The highest BCUT2D eigenvalue weighted by Crippen LogP contribution is 2.14. The summed E-state index contributed by atoms with van der Waals surface area (Å²) in [6, 6.07) is 1.31. The van der Waals surface area contributed by atoms with Crippen LogP contribution in [-0.4, -0.2) is 32.4 Å². The van der Waals surface area contributed by atoms with Gasteiger partial charge in [-0.3, -0.25) is 0 Å². The summed E-state index contributed by atoms with van der Waals surface area (Å²) >= 11 is 4.68. The molecule has 0 aliphatic heterocycles. The van der Waals surface area contributed by atoms with Gasteiger partial charge in [-0.05, 0) is 34.4 Å². The van der Waals surface area contributed by atoms with Crippen molar-refractivity contribution in [3.63, 3.8) is 0 Å². The first-order valence-electron chi connectivity index (χ1n) is 3.72. The topological polar surface area (TPSA) is 6.48 Å². The van der Waals surface area contributed by atoms with Gasteiger partial charge in [0.1, 0.15) is 0 Å². The lowest BCUT2D eigenvalue weighted by Crippen LogP contribution is -2.29. The highest BCUT2D eigenvalue weighted by molar-refractivity contribution is 14.1. The summed E-state index contributed by atoms with van der Waals surface area (Å²) in [6.07, 6.45) is 1.22. The van der Waals surface area contributed by atoms with E-state index in [1.165, 1.54) is 6.42 Å². The van der Waals surface area contributed by atoms with E-state index in [4.69, 9.17) is 0 Å². The second-order valence-electron chi connectivity index (χ2n) is 2.98. The summed E-state index contributed by atoms with van der Waals surface area (Å²) in [5, 5.41) is 0. The van der Waals surface area contributed by atoms with Gasteiger partial charge in [0.25, 0.3) is 0 Å². The fraction of sp³-hybridized carbons (Fsp3) is 1.00. The maximum atomic E-state index is 2.34. The van der Waals surface area contributed by atoms with Crippen molar-refractivity contribution in [3.8, 4) is 0 Å². The predicted molar refractivity (Wildman–Crippen MR) is 67.1 cm³/mol. The second-order valence-corrected chi connectivity index (χ2v) is 6.03. The van der Waals surface area contributed by atoms with Crippen molar-refractivity contribution in [3.05, 3.63) is 0 Å². The molecule has 0 N–H and O–H groups in total. The molecule has 0 bridgehead atoms. The molecule has 0 saturated carbocycles. The van der Waals surface area contributed by atoms with Crippen molar-refractivity contribution >= 4 is 45.7 Å². The standard InChI is InChI=1S/C7H16I2N2/c1-6(10(3)8)5-7(2)11(4)9/h6-7H,5H2,1-4H3. The van der Waals surface area contributed by atoms with Crippen molar-refractivity contribution < 1.29 is 0 Å². The molecular weight excluding hydrogens is 366 g/mol. The Labute approximate surface area is 97.7 Å². The predicted octanol–water partition coefficient (Wildman–Crippen LogP) is 2.72. The number of hydrogen-bond donors (Lipinski definition) is 0. The zero-order chi connectivity index (χ0) is 9.02. The van der Waals surface area contributed by atoms with Crippen molar-refractivity contribution in [2.45, 2.75) is 32.4 Å². The summed E-state index contributed by atoms with van der Waals surface area (Å²) in [7, 11) is 4.23. The van der Waals surface area contributed by atoms with Gasteiger partial charge in [0, 0.05) is 57.8 Å². The minimum Gasteiger partial charge on any atom is -0.248 e. The van der Waals surface area contributed by atoms with E-state index in [1.807, 2.05) is 0 Å². The molecule has 0 aliphatic carbocycles. The molecule has 4 heteroatoms. The Morgan fingerprint density at radius 3 is 1.45 bits per heavy atom. The summed E-state index contributed by atoms with van der Waals surface area (Å²) in [6.45, 7) is 4.51. The van der Waals surface area contributed by atoms with Crippen molar-refractivity contribution in [2.24, 2.45) is 0 Å². The Morgan fingerprint density at radius 2 is 1.27 bits per heavy atom. The maximum Gasteiger partial charge on any atom is 0.0201 e. The smallest absolute Gasteiger partial charge is 0.0201 e. The lowest BCUT2D eigenvalue weighted by atomic mass is 10.1. The van der Waals surface area contributed by atoms with Gasteiger partial charge in [0.15, 0.2) is 0 Å². The molecule has 0 heterocycles. The van der Waals surface area contributed by atoms with Crippen LogP contribution in [0.5, 0.6) is 0 Å². The third-order valence-corrected chi connectivity index (χ3v) is 3.80. The molecule has 0 aromatic carbocycles. The van der Waals surface area contributed by atoms with Gasteiger partial charge in [-0.1, -0.05) is 0 Å². The largest absolute Gasteiger partial charge is 0.248 e. The van der Waals surface area contributed by atoms with Crippen molar-refractivity contribution in [2.75, 3.05) is 14.1 Å². The molecule has 0 rings (SSSR count). The Morgan fingerprint density at radius 1 is 1.00 bits per heavy atom.